The van der Waals surface area contributed by atoms with Gasteiger partial charge in [-0.3, -0.25) is 0 Å². The van der Waals surface area contributed by atoms with Gasteiger partial charge in [0.2, 0.25) is 0 Å². The van der Waals surface area contributed by atoms with Crippen molar-refractivity contribution in [2.24, 2.45) is 5.92 Å². The van der Waals surface area contributed by atoms with Crippen molar-refractivity contribution in [2.75, 3.05) is 6.61 Å². The molecule has 0 spiro atoms. The van der Waals surface area contributed by atoms with Gasteiger partial charge in [-0.15, -0.1) is 0 Å². The number of rotatable bonds is 3. The molecule has 1 fully saturated rings. The third-order valence-corrected chi connectivity index (χ3v) is 2.33. The highest BCUT2D eigenvalue weighted by Crippen LogP contribution is 2.26. The molecule has 59 valence electrons. The quantitative estimate of drug-likeness (QED) is 0.638. The van der Waals surface area contributed by atoms with E-state index >= 15 is 0 Å². The van der Waals surface area contributed by atoms with E-state index in [2.05, 4.69) is 6.42 Å². The average molecular weight is 141 g/mol. The fourth-order valence-electron chi connectivity index (χ4n) is 1.66. The molecule has 1 aliphatic carbocycles. The second kappa shape index (κ2) is 4.73. The molecule has 1 rings (SSSR count). The van der Waals surface area contributed by atoms with Gasteiger partial charge in [-0.2, -0.15) is 0 Å². The molecule has 10 heavy (non-hydrogen) atoms. The van der Waals surface area contributed by atoms with Gasteiger partial charge in [0, 0.05) is 6.61 Å². The summed E-state index contributed by atoms with van der Waals surface area (Å²) in [5.41, 5.74) is 0. The fraction of sp³-hybridized carbons (Fsp3) is 0.889. The van der Waals surface area contributed by atoms with Crippen molar-refractivity contribution in [2.45, 2.75) is 38.5 Å². The van der Waals surface area contributed by atoms with Crippen LogP contribution in [0, 0.1) is 12.3 Å². The van der Waals surface area contributed by atoms with Gasteiger partial charge in [-0.25, -0.2) is 0 Å². The van der Waals surface area contributed by atoms with Crippen molar-refractivity contribution < 1.29 is 5.11 Å². The zero-order valence-corrected chi connectivity index (χ0v) is 6.55. The van der Waals surface area contributed by atoms with Crippen molar-refractivity contribution in [3.63, 3.8) is 0 Å². The van der Waals surface area contributed by atoms with Gasteiger partial charge in [-0.1, -0.05) is 12.8 Å². The predicted molar refractivity (Wildman–Crippen MR) is 42.6 cm³/mol. The molecule has 0 aromatic carbocycles. The SMILES string of the molecule is OCCCC1CC[CH]CC1. The lowest BCUT2D eigenvalue weighted by molar-refractivity contribution is 0.260. The molecule has 0 heterocycles. The fourth-order valence-corrected chi connectivity index (χ4v) is 1.66. The third kappa shape index (κ3) is 2.70. The average Bonchev–Trinajstić information content (AvgIpc) is 2.03. The molecule has 1 heteroatoms. The van der Waals surface area contributed by atoms with Crippen molar-refractivity contribution in [1.29, 1.82) is 0 Å². The van der Waals surface area contributed by atoms with E-state index in [1.54, 1.807) is 0 Å². The van der Waals surface area contributed by atoms with Crippen LogP contribution in [0.5, 0.6) is 0 Å². The molecular weight excluding hydrogens is 124 g/mol. The maximum atomic E-state index is 8.59. The second-order valence-corrected chi connectivity index (χ2v) is 3.18. The first-order chi connectivity index (χ1) is 4.93. The molecule has 1 nitrogen and oxygen atoms in total. The normalized spacial score (nSPS) is 21.3. The molecule has 0 aromatic heterocycles. The van der Waals surface area contributed by atoms with Gasteiger partial charge < -0.3 is 5.11 Å². The smallest absolute Gasteiger partial charge is 0.0431 e. The van der Waals surface area contributed by atoms with Crippen molar-refractivity contribution in [3.8, 4) is 0 Å². The predicted octanol–water partition coefficient (Wildman–Crippen LogP) is 2.15. The summed E-state index contributed by atoms with van der Waals surface area (Å²) in [6, 6.07) is 0. The number of aliphatic hydroxyl groups is 1. The van der Waals surface area contributed by atoms with Crippen LogP contribution in [0.15, 0.2) is 0 Å². The monoisotopic (exact) mass is 141 g/mol. The summed E-state index contributed by atoms with van der Waals surface area (Å²) in [7, 11) is 0. The number of aliphatic hydroxyl groups excluding tert-OH is 1. The van der Waals surface area contributed by atoms with E-state index in [-0.39, 0.29) is 0 Å². The Morgan fingerprint density at radius 2 is 2.00 bits per heavy atom. The van der Waals surface area contributed by atoms with E-state index < -0.39 is 0 Å². The minimum absolute atomic E-state index is 0.375. The molecule has 1 saturated carbocycles. The minimum atomic E-state index is 0.375. The first kappa shape index (κ1) is 8.06. The molecule has 0 saturated heterocycles. The Balaban J connectivity index is 2.02. The summed E-state index contributed by atoms with van der Waals surface area (Å²) in [5, 5.41) is 8.59. The molecule has 0 aromatic rings. The van der Waals surface area contributed by atoms with Gasteiger partial charge in [0.25, 0.3) is 0 Å². The van der Waals surface area contributed by atoms with Crippen LogP contribution in [0.2, 0.25) is 0 Å². The Labute approximate surface area is 63.4 Å². The first-order valence-electron chi connectivity index (χ1n) is 4.36. The number of hydrogen-bond donors (Lipinski definition) is 1. The lowest BCUT2D eigenvalue weighted by Crippen LogP contribution is -2.06. The van der Waals surface area contributed by atoms with Gasteiger partial charge in [0.05, 0.1) is 0 Å². The van der Waals surface area contributed by atoms with Crippen LogP contribution >= 0.6 is 0 Å². The lowest BCUT2D eigenvalue weighted by atomic mass is 9.86. The number of hydrogen-bond acceptors (Lipinski definition) is 1. The highest BCUT2D eigenvalue weighted by molar-refractivity contribution is 4.76. The Bertz CT molecular complexity index is 74.8. The topological polar surface area (TPSA) is 20.2 Å². The Morgan fingerprint density at radius 1 is 1.30 bits per heavy atom. The molecule has 0 bridgehead atoms. The standard InChI is InChI=1S/C9H17O/c10-8-4-7-9-5-2-1-3-6-9/h1,9-10H,2-8H2. The Morgan fingerprint density at radius 3 is 2.60 bits per heavy atom. The summed E-state index contributed by atoms with van der Waals surface area (Å²) in [4.78, 5) is 0. The maximum absolute atomic E-state index is 8.59. The minimum Gasteiger partial charge on any atom is -0.396 e. The molecule has 1 radical (unpaired) electrons. The Hall–Kier alpha value is -0.0400. The Kier molecular flexibility index (Phi) is 3.81. The summed E-state index contributed by atoms with van der Waals surface area (Å²) in [6.07, 6.45) is 9.96. The first-order valence-corrected chi connectivity index (χ1v) is 4.36. The van der Waals surface area contributed by atoms with Crippen LogP contribution in [0.25, 0.3) is 0 Å². The van der Waals surface area contributed by atoms with Crippen LogP contribution in [0.4, 0.5) is 0 Å². The van der Waals surface area contributed by atoms with Gasteiger partial charge in [0.15, 0.2) is 0 Å². The summed E-state index contributed by atoms with van der Waals surface area (Å²) in [5.74, 6) is 0.914. The zero-order valence-electron chi connectivity index (χ0n) is 6.55. The van der Waals surface area contributed by atoms with E-state index in [1.165, 1.54) is 32.1 Å². The van der Waals surface area contributed by atoms with Crippen LogP contribution in [0.3, 0.4) is 0 Å². The van der Waals surface area contributed by atoms with Crippen molar-refractivity contribution in [1.82, 2.24) is 0 Å². The van der Waals surface area contributed by atoms with Crippen LogP contribution < -0.4 is 0 Å². The lowest BCUT2D eigenvalue weighted by Gasteiger charge is -2.20. The molecule has 0 aliphatic heterocycles. The van der Waals surface area contributed by atoms with Crippen LogP contribution in [-0.2, 0) is 0 Å². The van der Waals surface area contributed by atoms with Crippen molar-refractivity contribution >= 4 is 0 Å². The van der Waals surface area contributed by atoms with E-state index in [9.17, 15) is 0 Å². The van der Waals surface area contributed by atoms with Gasteiger partial charge in [-0.05, 0) is 38.0 Å². The summed E-state index contributed by atoms with van der Waals surface area (Å²) in [6.45, 7) is 0.375. The maximum Gasteiger partial charge on any atom is 0.0431 e. The third-order valence-electron chi connectivity index (χ3n) is 2.33. The molecule has 1 N–H and O–H groups in total. The van der Waals surface area contributed by atoms with E-state index in [4.69, 9.17) is 5.11 Å². The highest BCUT2D eigenvalue weighted by atomic mass is 16.2. The molecular formula is C9H17O. The van der Waals surface area contributed by atoms with Crippen LogP contribution in [0.1, 0.15) is 38.5 Å². The summed E-state index contributed by atoms with van der Waals surface area (Å²) >= 11 is 0. The van der Waals surface area contributed by atoms with Gasteiger partial charge in [0.1, 0.15) is 0 Å². The molecule has 0 unspecified atom stereocenters. The molecule has 0 atom stereocenters. The largest absolute Gasteiger partial charge is 0.396 e. The van der Waals surface area contributed by atoms with E-state index in [1.807, 2.05) is 0 Å². The van der Waals surface area contributed by atoms with Crippen LogP contribution in [-0.4, -0.2) is 11.7 Å². The molecule has 0 amide bonds. The second-order valence-electron chi connectivity index (χ2n) is 3.18. The van der Waals surface area contributed by atoms with E-state index in [0.717, 1.165) is 12.3 Å². The highest BCUT2D eigenvalue weighted by Gasteiger charge is 2.11. The zero-order chi connectivity index (χ0) is 7.23. The molecule has 1 aliphatic rings. The van der Waals surface area contributed by atoms with E-state index in [0.29, 0.717) is 6.61 Å². The summed E-state index contributed by atoms with van der Waals surface area (Å²) < 4.78 is 0. The van der Waals surface area contributed by atoms with Gasteiger partial charge >= 0.3 is 0 Å². The van der Waals surface area contributed by atoms with Crippen molar-refractivity contribution in [3.05, 3.63) is 6.42 Å².